The van der Waals surface area contributed by atoms with Gasteiger partial charge in [0.2, 0.25) is 0 Å². The van der Waals surface area contributed by atoms with Crippen LogP contribution in [0.1, 0.15) is 11.1 Å². The Bertz CT molecular complexity index is 995. The second-order valence-corrected chi connectivity index (χ2v) is 6.43. The maximum Gasteiger partial charge on any atom is 0.277 e. The van der Waals surface area contributed by atoms with Gasteiger partial charge in [-0.25, -0.2) is 0 Å². The molecule has 0 amide bonds. The van der Waals surface area contributed by atoms with Gasteiger partial charge in [-0.15, -0.1) is 4.40 Å². The number of nitrogens with zero attached hydrogens (tertiary/aromatic N) is 3. The first kappa shape index (κ1) is 18.7. The molecule has 0 saturated carbocycles. The second kappa shape index (κ2) is 7.53. The van der Waals surface area contributed by atoms with Crippen molar-refractivity contribution in [1.29, 1.82) is 0 Å². The minimum Gasteiger partial charge on any atom is -0.383 e. The maximum absolute atomic E-state index is 12.0. The van der Waals surface area contributed by atoms with Gasteiger partial charge in [0.05, 0.1) is 15.3 Å². The summed E-state index contributed by atoms with van der Waals surface area (Å²) in [5.74, 6) is -0.326. The van der Waals surface area contributed by atoms with E-state index in [4.69, 9.17) is 5.73 Å². The van der Waals surface area contributed by atoms with Crippen molar-refractivity contribution in [3.63, 3.8) is 0 Å². The van der Waals surface area contributed by atoms with Crippen LogP contribution in [0.15, 0.2) is 58.3 Å². The summed E-state index contributed by atoms with van der Waals surface area (Å²) in [6.07, 6.45) is 1.21. The van der Waals surface area contributed by atoms with E-state index in [9.17, 15) is 28.6 Å². The molecule has 0 bridgehead atoms. The molecule has 26 heavy (non-hydrogen) atoms. The first-order valence-corrected chi connectivity index (χ1v) is 8.46. The molecule has 0 aliphatic carbocycles. The number of hydrogen-bond donors (Lipinski definition) is 1. The fourth-order valence-corrected chi connectivity index (χ4v) is 2.62. The molecule has 2 N–H and O–H groups in total. The molecule has 11 heteroatoms. The van der Waals surface area contributed by atoms with Gasteiger partial charge in [0, 0.05) is 29.8 Å². The highest BCUT2D eigenvalue weighted by molar-refractivity contribution is 7.93. The summed E-state index contributed by atoms with van der Waals surface area (Å²) in [6.45, 7) is 0. The Kier molecular flexibility index (Phi) is 5.42. The Balaban J connectivity index is 2.19. The van der Waals surface area contributed by atoms with Gasteiger partial charge < -0.3 is 5.73 Å². The summed E-state index contributed by atoms with van der Waals surface area (Å²) < 4.78 is 27.4. The Morgan fingerprint density at radius 2 is 1.38 bits per heavy atom. The van der Waals surface area contributed by atoms with Gasteiger partial charge in [0.15, 0.2) is 0 Å². The quantitative estimate of drug-likeness (QED) is 0.350. The Labute approximate surface area is 147 Å². The minimum atomic E-state index is -4.07. The van der Waals surface area contributed by atoms with Crippen molar-refractivity contribution in [1.82, 2.24) is 0 Å². The molecule has 0 unspecified atom stereocenters. The second-order valence-electron chi connectivity index (χ2n) is 4.95. The standard InChI is InChI=1S/C15H12N4O6S/c16-15(12-3-7-14(8-4-12)19(22)23)17-26(24,25)10-9-11-1-5-13(6-2-11)18(20)21/h1-10H,(H2,16,17)/b10-9+. The molecule has 134 valence electrons. The van der Waals surface area contributed by atoms with Crippen LogP contribution >= 0.6 is 0 Å². The molecule has 0 heterocycles. The largest absolute Gasteiger partial charge is 0.383 e. The van der Waals surface area contributed by atoms with E-state index >= 15 is 0 Å². The van der Waals surface area contributed by atoms with Crippen molar-refractivity contribution in [3.05, 3.63) is 85.3 Å². The third-order valence-electron chi connectivity index (χ3n) is 3.14. The number of benzene rings is 2. The molecule has 0 saturated heterocycles. The highest BCUT2D eigenvalue weighted by Gasteiger charge is 2.09. The first-order valence-electron chi connectivity index (χ1n) is 6.96. The topological polar surface area (TPSA) is 159 Å². The monoisotopic (exact) mass is 376 g/mol. The zero-order valence-electron chi connectivity index (χ0n) is 13.1. The number of nitro groups is 2. The van der Waals surface area contributed by atoms with Crippen LogP contribution in [0.2, 0.25) is 0 Å². The lowest BCUT2D eigenvalue weighted by molar-refractivity contribution is -0.385. The molecule has 2 aromatic carbocycles. The van der Waals surface area contributed by atoms with Crippen molar-refractivity contribution in [2.75, 3.05) is 0 Å². The van der Waals surface area contributed by atoms with E-state index in [-0.39, 0.29) is 22.8 Å². The normalized spacial score (nSPS) is 12.2. The van der Waals surface area contributed by atoms with Gasteiger partial charge >= 0.3 is 0 Å². The molecule has 2 aromatic rings. The molecule has 0 radical (unpaired) electrons. The van der Waals surface area contributed by atoms with Gasteiger partial charge in [-0.2, -0.15) is 8.42 Å². The van der Waals surface area contributed by atoms with E-state index in [0.717, 1.165) is 5.41 Å². The number of hydrogen-bond acceptors (Lipinski definition) is 6. The Morgan fingerprint density at radius 3 is 1.85 bits per heavy atom. The van der Waals surface area contributed by atoms with Gasteiger partial charge in [-0.05, 0) is 35.9 Å². The van der Waals surface area contributed by atoms with Crippen LogP contribution < -0.4 is 5.73 Å². The summed E-state index contributed by atoms with van der Waals surface area (Å²) in [7, 11) is -4.07. The molecular weight excluding hydrogens is 364 g/mol. The lowest BCUT2D eigenvalue weighted by atomic mass is 10.2. The van der Waals surface area contributed by atoms with Gasteiger partial charge in [0.1, 0.15) is 5.84 Å². The van der Waals surface area contributed by atoms with E-state index in [1.165, 1.54) is 54.6 Å². The highest BCUT2D eigenvalue weighted by Crippen LogP contribution is 2.15. The van der Waals surface area contributed by atoms with E-state index < -0.39 is 19.9 Å². The zero-order chi connectivity index (χ0) is 19.3. The number of rotatable bonds is 6. The molecule has 0 aromatic heterocycles. The summed E-state index contributed by atoms with van der Waals surface area (Å²) in [4.78, 5) is 20.0. The lowest BCUT2D eigenvalue weighted by Gasteiger charge is -2.00. The molecule has 0 spiro atoms. The number of amidine groups is 1. The third-order valence-corrected chi connectivity index (χ3v) is 4.07. The number of nitrogens with two attached hydrogens (primary N) is 1. The van der Waals surface area contributed by atoms with E-state index in [2.05, 4.69) is 4.40 Å². The summed E-state index contributed by atoms with van der Waals surface area (Å²) in [6, 6.07) is 10.2. The van der Waals surface area contributed by atoms with Crippen LogP contribution in [0.5, 0.6) is 0 Å². The fraction of sp³-hybridized carbons (Fsp3) is 0. The van der Waals surface area contributed by atoms with Crippen molar-refractivity contribution in [3.8, 4) is 0 Å². The zero-order valence-corrected chi connectivity index (χ0v) is 13.9. The number of sulfonamides is 1. The van der Waals surface area contributed by atoms with E-state index in [1.54, 1.807) is 0 Å². The molecule has 2 rings (SSSR count). The van der Waals surface area contributed by atoms with Crippen molar-refractivity contribution >= 4 is 33.3 Å². The molecule has 10 nitrogen and oxygen atoms in total. The number of nitro benzene ring substituents is 2. The van der Waals surface area contributed by atoms with E-state index in [0.29, 0.717) is 5.56 Å². The molecule has 0 atom stereocenters. The average Bonchev–Trinajstić information content (AvgIpc) is 2.60. The van der Waals surface area contributed by atoms with Crippen LogP contribution in [0, 0.1) is 20.2 Å². The predicted molar refractivity (Wildman–Crippen MR) is 94.9 cm³/mol. The molecular formula is C15H12N4O6S. The Morgan fingerprint density at radius 1 is 0.923 bits per heavy atom. The SMILES string of the molecule is NC(=NS(=O)(=O)/C=C/c1ccc([N+](=O)[O-])cc1)c1ccc([N+](=O)[O-])cc1. The first-order chi connectivity index (χ1) is 12.2. The van der Waals surface area contributed by atoms with Crippen molar-refractivity contribution in [2.45, 2.75) is 0 Å². The Hall–Kier alpha value is -3.60. The predicted octanol–water partition coefficient (Wildman–Crippen LogP) is 2.21. The van der Waals surface area contributed by atoms with Gasteiger partial charge in [-0.3, -0.25) is 20.2 Å². The lowest BCUT2D eigenvalue weighted by Crippen LogP contribution is -2.15. The number of non-ortho nitro benzene ring substituents is 2. The van der Waals surface area contributed by atoms with Crippen molar-refractivity contribution < 1.29 is 18.3 Å². The van der Waals surface area contributed by atoms with Crippen LogP contribution in [0.4, 0.5) is 11.4 Å². The van der Waals surface area contributed by atoms with Gasteiger partial charge in [0.25, 0.3) is 21.4 Å². The molecule has 0 aliphatic rings. The minimum absolute atomic E-state index is 0.120. The summed E-state index contributed by atoms with van der Waals surface area (Å²) >= 11 is 0. The van der Waals surface area contributed by atoms with Gasteiger partial charge in [-0.1, -0.05) is 0 Å². The molecule has 0 aliphatic heterocycles. The van der Waals surface area contributed by atoms with Crippen LogP contribution in [0.3, 0.4) is 0 Å². The summed E-state index contributed by atoms with van der Waals surface area (Å²) in [5.41, 5.74) is 5.97. The molecule has 0 fully saturated rings. The van der Waals surface area contributed by atoms with Crippen LogP contribution in [-0.4, -0.2) is 24.1 Å². The average molecular weight is 376 g/mol. The summed E-state index contributed by atoms with van der Waals surface area (Å²) in [5, 5.41) is 22.0. The van der Waals surface area contributed by atoms with E-state index in [1.807, 2.05) is 0 Å². The third kappa shape index (κ3) is 4.95. The highest BCUT2D eigenvalue weighted by atomic mass is 32.2. The van der Waals surface area contributed by atoms with Crippen LogP contribution in [-0.2, 0) is 10.0 Å². The maximum atomic E-state index is 12.0. The fourth-order valence-electron chi connectivity index (χ4n) is 1.85. The van der Waals surface area contributed by atoms with Crippen molar-refractivity contribution in [2.24, 2.45) is 10.1 Å². The smallest absolute Gasteiger partial charge is 0.277 e. The van der Waals surface area contributed by atoms with Crippen LogP contribution in [0.25, 0.3) is 6.08 Å².